The molecule has 0 aliphatic rings. The number of ether oxygens (including phenoxy) is 1. The number of hydrogen-bond acceptors (Lipinski definition) is 5. The lowest BCUT2D eigenvalue weighted by molar-refractivity contribution is -0.113. The molecule has 6 nitrogen and oxygen atoms in total. The van der Waals surface area contributed by atoms with Gasteiger partial charge in [-0.1, -0.05) is 78.8 Å². The number of nitrogens with zero attached hydrogens (tertiary/aromatic N) is 3. The van der Waals surface area contributed by atoms with Crippen molar-refractivity contribution >= 4 is 39.3 Å². The number of carbonyl (C=O) groups excluding carboxylic acids is 1. The summed E-state index contributed by atoms with van der Waals surface area (Å²) in [6, 6.07) is 23.6. The predicted molar refractivity (Wildman–Crippen MR) is 146 cm³/mol. The summed E-state index contributed by atoms with van der Waals surface area (Å²) >= 11 is 4.77. The Balaban J connectivity index is 1.62. The summed E-state index contributed by atoms with van der Waals surface area (Å²) in [4.78, 5) is 12.6. The molecule has 0 aliphatic heterocycles. The first-order valence-electron chi connectivity index (χ1n) is 11.1. The van der Waals surface area contributed by atoms with E-state index in [2.05, 4.69) is 76.5 Å². The molecule has 0 spiro atoms. The van der Waals surface area contributed by atoms with Gasteiger partial charge in [-0.25, -0.2) is 0 Å². The van der Waals surface area contributed by atoms with E-state index in [1.54, 1.807) is 7.11 Å². The fourth-order valence-corrected chi connectivity index (χ4v) is 4.68. The number of amides is 1. The molecular formula is C27H27BrN4O2S. The van der Waals surface area contributed by atoms with Gasteiger partial charge in [0.05, 0.1) is 12.9 Å². The Morgan fingerprint density at radius 2 is 1.74 bits per heavy atom. The predicted octanol–water partition coefficient (Wildman–Crippen LogP) is 6.73. The van der Waals surface area contributed by atoms with Crippen molar-refractivity contribution in [2.45, 2.75) is 31.3 Å². The molecule has 0 fully saturated rings. The van der Waals surface area contributed by atoms with Gasteiger partial charge in [0.1, 0.15) is 5.75 Å². The molecule has 35 heavy (non-hydrogen) atoms. The first-order valence-corrected chi connectivity index (χ1v) is 12.9. The molecule has 0 saturated heterocycles. The van der Waals surface area contributed by atoms with Crippen molar-refractivity contribution in [3.05, 3.63) is 82.8 Å². The van der Waals surface area contributed by atoms with Gasteiger partial charge in [0.25, 0.3) is 0 Å². The van der Waals surface area contributed by atoms with Crippen molar-refractivity contribution in [1.82, 2.24) is 14.8 Å². The van der Waals surface area contributed by atoms with Gasteiger partial charge in [-0.2, -0.15) is 0 Å². The minimum atomic E-state index is -0.117. The summed E-state index contributed by atoms with van der Waals surface area (Å²) in [5, 5.41) is 12.5. The number of halogens is 1. The van der Waals surface area contributed by atoms with Crippen molar-refractivity contribution in [2.75, 3.05) is 18.2 Å². The van der Waals surface area contributed by atoms with E-state index in [1.165, 1.54) is 17.3 Å². The lowest BCUT2D eigenvalue weighted by atomic mass is 9.87. The number of thioether (sulfide) groups is 1. The van der Waals surface area contributed by atoms with E-state index in [1.807, 2.05) is 53.1 Å². The lowest BCUT2D eigenvalue weighted by Crippen LogP contribution is -2.14. The van der Waals surface area contributed by atoms with Crippen LogP contribution in [0.5, 0.6) is 5.75 Å². The van der Waals surface area contributed by atoms with Crippen LogP contribution in [0.2, 0.25) is 0 Å². The normalized spacial score (nSPS) is 11.3. The largest absolute Gasteiger partial charge is 0.497 e. The Kier molecular flexibility index (Phi) is 7.62. The number of hydrogen-bond donors (Lipinski definition) is 1. The maximum Gasteiger partial charge on any atom is 0.234 e. The van der Waals surface area contributed by atoms with E-state index >= 15 is 0 Å². The van der Waals surface area contributed by atoms with Crippen molar-refractivity contribution in [3.63, 3.8) is 0 Å². The van der Waals surface area contributed by atoms with Gasteiger partial charge in [0.2, 0.25) is 5.91 Å². The first kappa shape index (κ1) is 25.0. The van der Waals surface area contributed by atoms with Crippen molar-refractivity contribution < 1.29 is 9.53 Å². The van der Waals surface area contributed by atoms with Gasteiger partial charge >= 0.3 is 0 Å². The molecule has 0 aliphatic carbocycles. The van der Waals surface area contributed by atoms with E-state index in [-0.39, 0.29) is 17.1 Å². The average molecular weight is 552 g/mol. The zero-order valence-corrected chi connectivity index (χ0v) is 22.5. The van der Waals surface area contributed by atoms with Crippen LogP contribution in [0, 0.1) is 0 Å². The number of carbonyl (C=O) groups is 1. The van der Waals surface area contributed by atoms with E-state index < -0.39 is 0 Å². The van der Waals surface area contributed by atoms with E-state index in [0.29, 0.717) is 11.0 Å². The maximum absolute atomic E-state index is 12.6. The number of methoxy groups -OCH3 is 1. The lowest BCUT2D eigenvalue weighted by Gasteiger charge is -2.19. The second-order valence-corrected chi connectivity index (χ2v) is 10.9. The third-order valence-corrected chi connectivity index (χ3v) is 6.84. The van der Waals surface area contributed by atoms with Crippen LogP contribution in [0.3, 0.4) is 0 Å². The van der Waals surface area contributed by atoms with Gasteiger partial charge in [0.15, 0.2) is 11.0 Å². The summed E-state index contributed by atoms with van der Waals surface area (Å²) in [6.45, 7) is 6.57. The maximum atomic E-state index is 12.6. The van der Waals surface area contributed by atoms with Crippen LogP contribution < -0.4 is 10.1 Å². The van der Waals surface area contributed by atoms with Crippen LogP contribution in [0.25, 0.3) is 17.1 Å². The highest BCUT2D eigenvalue weighted by atomic mass is 79.9. The highest BCUT2D eigenvalue weighted by Crippen LogP contribution is 2.31. The van der Waals surface area contributed by atoms with Crippen molar-refractivity contribution in [2.24, 2.45) is 0 Å². The molecule has 4 aromatic rings. The van der Waals surface area contributed by atoms with Gasteiger partial charge < -0.3 is 10.1 Å². The SMILES string of the molecule is COc1ccc(-n2c(SCC(=O)Nc3cccc(Br)c3)nnc2-c2ccc(C(C)(C)C)cc2)cc1. The van der Waals surface area contributed by atoms with Crippen LogP contribution in [0.1, 0.15) is 26.3 Å². The summed E-state index contributed by atoms with van der Waals surface area (Å²) in [7, 11) is 1.64. The minimum absolute atomic E-state index is 0.0604. The van der Waals surface area contributed by atoms with Crippen LogP contribution in [-0.4, -0.2) is 33.5 Å². The van der Waals surface area contributed by atoms with Crippen molar-refractivity contribution in [3.8, 4) is 22.8 Å². The molecule has 1 heterocycles. The summed E-state index contributed by atoms with van der Waals surface area (Å²) < 4.78 is 8.20. The van der Waals surface area contributed by atoms with Crippen LogP contribution in [0.15, 0.2) is 82.4 Å². The summed E-state index contributed by atoms with van der Waals surface area (Å²) in [6.07, 6.45) is 0. The molecule has 1 amide bonds. The number of aromatic nitrogens is 3. The molecule has 1 N–H and O–H groups in total. The van der Waals surface area contributed by atoms with Gasteiger partial charge in [0, 0.05) is 21.4 Å². The standard InChI is InChI=1S/C27H27BrN4O2S/c1-27(2,3)19-10-8-18(9-11-19)25-30-31-26(32(25)22-12-14-23(34-4)15-13-22)35-17-24(33)29-21-7-5-6-20(28)16-21/h5-16H,17H2,1-4H3,(H,29,33). The molecular weight excluding hydrogens is 524 g/mol. The Bertz CT molecular complexity index is 1310. The molecule has 0 atom stereocenters. The monoisotopic (exact) mass is 550 g/mol. The van der Waals surface area contributed by atoms with Crippen LogP contribution in [0.4, 0.5) is 5.69 Å². The summed E-state index contributed by atoms with van der Waals surface area (Å²) in [5.74, 6) is 1.56. The molecule has 180 valence electrons. The molecule has 0 saturated carbocycles. The Morgan fingerprint density at radius 3 is 2.37 bits per heavy atom. The molecule has 1 aromatic heterocycles. The van der Waals surface area contributed by atoms with Gasteiger partial charge in [-0.3, -0.25) is 9.36 Å². The molecule has 4 rings (SSSR count). The molecule has 3 aromatic carbocycles. The van der Waals surface area contributed by atoms with Gasteiger partial charge in [-0.15, -0.1) is 10.2 Å². The quantitative estimate of drug-likeness (QED) is 0.258. The average Bonchev–Trinajstić information content (AvgIpc) is 3.26. The Morgan fingerprint density at radius 1 is 1.03 bits per heavy atom. The smallest absolute Gasteiger partial charge is 0.234 e. The minimum Gasteiger partial charge on any atom is -0.497 e. The van der Waals surface area contributed by atoms with E-state index in [9.17, 15) is 4.79 Å². The van der Waals surface area contributed by atoms with Gasteiger partial charge in [-0.05, 0) is 53.4 Å². The third-order valence-electron chi connectivity index (χ3n) is 5.41. The zero-order chi connectivity index (χ0) is 25.0. The number of benzene rings is 3. The zero-order valence-electron chi connectivity index (χ0n) is 20.1. The molecule has 0 radical (unpaired) electrons. The number of nitrogens with one attached hydrogen (secondary N) is 1. The number of anilines is 1. The molecule has 8 heteroatoms. The highest BCUT2D eigenvalue weighted by molar-refractivity contribution is 9.10. The third kappa shape index (κ3) is 6.13. The highest BCUT2D eigenvalue weighted by Gasteiger charge is 2.19. The second kappa shape index (κ2) is 10.7. The molecule has 0 bridgehead atoms. The second-order valence-electron chi connectivity index (χ2n) is 9.01. The topological polar surface area (TPSA) is 69.0 Å². The Labute approximate surface area is 218 Å². The fourth-order valence-electron chi connectivity index (χ4n) is 3.53. The van der Waals surface area contributed by atoms with Crippen molar-refractivity contribution in [1.29, 1.82) is 0 Å². The van der Waals surface area contributed by atoms with E-state index in [0.717, 1.165) is 27.2 Å². The first-order chi connectivity index (χ1) is 16.7. The van der Waals surface area contributed by atoms with Crippen LogP contribution >= 0.6 is 27.7 Å². The number of rotatable bonds is 7. The van der Waals surface area contributed by atoms with Crippen LogP contribution in [-0.2, 0) is 10.2 Å². The molecule has 0 unspecified atom stereocenters. The summed E-state index contributed by atoms with van der Waals surface area (Å²) in [5.41, 5.74) is 3.88. The Hall–Kier alpha value is -3.10. The fraction of sp³-hybridized carbons (Fsp3) is 0.222. The van der Waals surface area contributed by atoms with E-state index in [4.69, 9.17) is 4.74 Å².